The van der Waals surface area contributed by atoms with Crippen LogP contribution < -0.4 is 10.1 Å². The zero-order valence-corrected chi connectivity index (χ0v) is 12.3. The Bertz CT molecular complexity index is 671. The molecule has 1 unspecified atom stereocenters. The van der Waals surface area contributed by atoms with Gasteiger partial charge in [0.25, 0.3) is 0 Å². The zero-order valence-electron chi connectivity index (χ0n) is 12.3. The smallest absolute Gasteiger partial charge is 0.140 e. The van der Waals surface area contributed by atoms with Gasteiger partial charge in [-0.25, -0.2) is 4.39 Å². The Hall–Kier alpha value is -2.54. The van der Waals surface area contributed by atoms with Crippen molar-refractivity contribution >= 4 is 5.69 Å². The molecule has 0 spiro atoms. The van der Waals surface area contributed by atoms with Crippen LogP contribution in [-0.2, 0) is 0 Å². The molecule has 0 heterocycles. The highest BCUT2D eigenvalue weighted by molar-refractivity contribution is 5.50. The number of hydrogen-bond acceptors (Lipinski definition) is 3. The Morgan fingerprint density at radius 1 is 1.19 bits per heavy atom. The molecule has 1 atom stereocenters. The highest BCUT2D eigenvalue weighted by Gasteiger charge is 2.12. The van der Waals surface area contributed by atoms with Crippen molar-refractivity contribution < 1.29 is 9.13 Å². The van der Waals surface area contributed by atoms with E-state index >= 15 is 0 Å². The van der Waals surface area contributed by atoms with E-state index < -0.39 is 6.04 Å². The summed E-state index contributed by atoms with van der Waals surface area (Å²) in [7, 11) is 1.61. The third kappa shape index (κ3) is 3.51. The van der Waals surface area contributed by atoms with Crippen LogP contribution in [-0.4, -0.2) is 7.11 Å². The van der Waals surface area contributed by atoms with Gasteiger partial charge in [0.2, 0.25) is 0 Å². The Morgan fingerprint density at radius 3 is 2.52 bits per heavy atom. The van der Waals surface area contributed by atoms with Gasteiger partial charge in [0.1, 0.15) is 17.6 Å². The number of nitriles is 1. The van der Waals surface area contributed by atoms with E-state index in [1.807, 2.05) is 38.1 Å². The summed E-state index contributed by atoms with van der Waals surface area (Å²) < 4.78 is 18.6. The van der Waals surface area contributed by atoms with E-state index in [1.54, 1.807) is 7.11 Å². The molecule has 0 saturated heterocycles. The number of anilines is 1. The average Bonchev–Trinajstić information content (AvgIpc) is 2.43. The van der Waals surface area contributed by atoms with Crippen molar-refractivity contribution in [3.8, 4) is 11.8 Å². The van der Waals surface area contributed by atoms with Gasteiger partial charge < -0.3 is 10.1 Å². The molecule has 108 valence electrons. The number of methoxy groups -OCH3 is 1. The lowest BCUT2D eigenvalue weighted by molar-refractivity contribution is 0.411. The van der Waals surface area contributed by atoms with Gasteiger partial charge >= 0.3 is 0 Å². The van der Waals surface area contributed by atoms with Crippen LogP contribution >= 0.6 is 0 Å². The molecule has 4 heteroatoms. The van der Waals surface area contributed by atoms with E-state index in [-0.39, 0.29) is 5.82 Å². The van der Waals surface area contributed by atoms with Crippen molar-refractivity contribution in [1.82, 2.24) is 0 Å². The van der Waals surface area contributed by atoms with Crippen LogP contribution in [0.25, 0.3) is 0 Å². The minimum Gasteiger partial charge on any atom is -0.496 e. The second-order valence-electron chi connectivity index (χ2n) is 4.95. The van der Waals surface area contributed by atoms with Crippen LogP contribution in [0, 0.1) is 31.0 Å². The summed E-state index contributed by atoms with van der Waals surface area (Å²) in [5.74, 6) is 0.456. The predicted molar refractivity (Wildman–Crippen MR) is 80.8 cm³/mol. The number of halogens is 1. The molecule has 0 bridgehead atoms. The fourth-order valence-corrected chi connectivity index (χ4v) is 2.26. The van der Waals surface area contributed by atoms with Gasteiger partial charge in [0, 0.05) is 5.69 Å². The van der Waals surface area contributed by atoms with Crippen LogP contribution in [0.15, 0.2) is 36.4 Å². The Balaban J connectivity index is 2.28. The molecule has 0 amide bonds. The summed E-state index contributed by atoms with van der Waals surface area (Å²) >= 11 is 0. The van der Waals surface area contributed by atoms with Crippen molar-refractivity contribution in [2.24, 2.45) is 0 Å². The van der Waals surface area contributed by atoms with Gasteiger partial charge in [-0.3, -0.25) is 0 Å². The summed E-state index contributed by atoms with van der Waals surface area (Å²) in [6, 6.07) is 11.8. The minimum atomic E-state index is -0.546. The van der Waals surface area contributed by atoms with Crippen LogP contribution in [0.3, 0.4) is 0 Å². The number of rotatable bonds is 4. The molecular weight excluding hydrogens is 267 g/mol. The van der Waals surface area contributed by atoms with Gasteiger partial charge in [0.15, 0.2) is 0 Å². The Labute approximate surface area is 124 Å². The standard InChI is InChI=1S/C17H17FN2O/c1-11-6-14(18)9-15(7-11)20-16(10-19)13-4-5-17(21-3)12(2)8-13/h4-9,16,20H,1-3H3. The molecule has 21 heavy (non-hydrogen) atoms. The van der Waals surface area contributed by atoms with E-state index in [0.29, 0.717) is 5.69 Å². The molecule has 2 aromatic carbocycles. The highest BCUT2D eigenvalue weighted by atomic mass is 19.1. The van der Waals surface area contributed by atoms with Gasteiger partial charge in [-0.05, 0) is 60.9 Å². The maximum atomic E-state index is 13.4. The largest absolute Gasteiger partial charge is 0.496 e. The number of benzene rings is 2. The van der Waals surface area contributed by atoms with Gasteiger partial charge in [-0.2, -0.15) is 5.26 Å². The van der Waals surface area contributed by atoms with Gasteiger partial charge in [-0.1, -0.05) is 6.07 Å². The molecule has 1 N–H and O–H groups in total. The van der Waals surface area contributed by atoms with Crippen molar-refractivity contribution in [3.05, 3.63) is 58.9 Å². The summed E-state index contributed by atoms with van der Waals surface area (Å²) in [6.07, 6.45) is 0. The maximum Gasteiger partial charge on any atom is 0.140 e. The minimum absolute atomic E-state index is 0.319. The monoisotopic (exact) mass is 284 g/mol. The molecule has 0 fully saturated rings. The van der Waals surface area contributed by atoms with Crippen molar-refractivity contribution in [2.45, 2.75) is 19.9 Å². The Morgan fingerprint density at radius 2 is 1.95 bits per heavy atom. The molecule has 0 aliphatic heterocycles. The van der Waals surface area contributed by atoms with Crippen LogP contribution in [0.4, 0.5) is 10.1 Å². The quantitative estimate of drug-likeness (QED) is 0.918. The third-order valence-electron chi connectivity index (χ3n) is 3.23. The lowest BCUT2D eigenvalue weighted by Crippen LogP contribution is -2.09. The molecule has 0 aliphatic carbocycles. The first-order valence-electron chi connectivity index (χ1n) is 6.61. The molecule has 0 radical (unpaired) electrons. The molecule has 0 aromatic heterocycles. The first kappa shape index (κ1) is 14.9. The summed E-state index contributed by atoms with van der Waals surface area (Å²) in [5, 5.41) is 12.4. The molecule has 2 aromatic rings. The molecule has 0 saturated carbocycles. The fourth-order valence-electron chi connectivity index (χ4n) is 2.26. The molecule has 3 nitrogen and oxygen atoms in total. The van der Waals surface area contributed by atoms with Gasteiger partial charge in [-0.15, -0.1) is 0 Å². The predicted octanol–water partition coefficient (Wildman–Crippen LogP) is 4.13. The summed E-state index contributed by atoms with van der Waals surface area (Å²) in [6.45, 7) is 3.73. The number of aryl methyl sites for hydroxylation is 2. The maximum absolute atomic E-state index is 13.4. The number of ether oxygens (including phenoxy) is 1. The fraction of sp³-hybridized carbons (Fsp3) is 0.235. The van der Waals surface area contributed by atoms with Crippen LogP contribution in [0.1, 0.15) is 22.7 Å². The lowest BCUT2D eigenvalue weighted by atomic mass is 10.0. The topological polar surface area (TPSA) is 45.0 Å². The summed E-state index contributed by atoms with van der Waals surface area (Å²) in [5.41, 5.74) is 3.16. The van der Waals surface area contributed by atoms with E-state index in [1.165, 1.54) is 12.1 Å². The van der Waals surface area contributed by atoms with Crippen LogP contribution in [0.5, 0.6) is 5.75 Å². The normalized spacial score (nSPS) is 11.6. The van der Waals surface area contributed by atoms with Crippen molar-refractivity contribution in [3.63, 3.8) is 0 Å². The Kier molecular flexibility index (Phi) is 4.44. The van der Waals surface area contributed by atoms with E-state index in [2.05, 4.69) is 11.4 Å². The van der Waals surface area contributed by atoms with E-state index in [9.17, 15) is 9.65 Å². The van der Waals surface area contributed by atoms with Gasteiger partial charge in [0.05, 0.1) is 13.2 Å². The summed E-state index contributed by atoms with van der Waals surface area (Å²) in [4.78, 5) is 0. The van der Waals surface area contributed by atoms with E-state index in [4.69, 9.17) is 4.74 Å². The van der Waals surface area contributed by atoms with Crippen molar-refractivity contribution in [2.75, 3.05) is 12.4 Å². The number of nitrogens with one attached hydrogen (secondary N) is 1. The van der Waals surface area contributed by atoms with Crippen molar-refractivity contribution in [1.29, 1.82) is 5.26 Å². The van der Waals surface area contributed by atoms with E-state index in [0.717, 1.165) is 22.4 Å². The number of hydrogen-bond donors (Lipinski definition) is 1. The molecule has 2 rings (SSSR count). The SMILES string of the molecule is COc1ccc(C(C#N)Nc2cc(C)cc(F)c2)cc1C. The second kappa shape index (κ2) is 6.27. The van der Waals surface area contributed by atoms with Crippen LogP contribution in [0.2, 0.25) is 0 Å². The number of nitrogens with zero attached hydrogens (tertiary/aromatic N) is 1. The molecular formula is C17H17FN2O. The first-order valence-corrected chi connectivity index (χ1v) is 6.61. The first-order chi connectivity index (χ1) is 10.0. The highest BCUT2D eigenvalue weighted by Crippen LogP contribution is 2.25. The third-order valence-corrected chi connectivity index (χ3v) is 3.23. The average molecular weight is 284 g/mol. The zero-order chi connectivity index (χ0) is 15.4. The lowest BCUT2D eigenvalue weighted by Gasteiger charge is -2.15. The second-order valence-corrected chi connectivity index (χ2v) is 4.95. The molecule has 0 aliphatic rings.